The Kier molecular flexibility index (Phi) is 8.00. The Morgan fingerprint density at radius 2 is 1.85 bits per heavy atom. The Morgan fingerprint density at radius 3 is 2.31 bits per heavy atom. The molecule has 3 aliphatic rings. The first kappa shape index (κ1) is 21.7. The highest BCUT2D eigenvalue weighted by Gasteiger charge is 2.48. The number of carbonyl (C=O) groups excluding carboxylic acids is 1. The normalized spacial score (nSPS) is 23.2. The zero-order valence-corrected chi connectivity index (χ0v) is 18.9. The second kappa shape index (κ2) is 9.57. The van der Waals surface area contributed by atoms with Crippen molar-refractivity contribution in [2.24, 2.45) is 16.3 Å². The fourth-order valence-corrected chi connectivity index (χ4v) is 4.33. The minimum atomic E-state index is 0. The number of nitrogens with zero attached hydrogens (tertiary/aromatic N) is 3. The molecule has 1 aliphatic heterocycles. The van der Waals surface area contributed by atoms with Gasteiger partial charge < -0.3 is 15.5 Å². The summed E-state index contributed by atoms with van der Waals surface area (Å²) in [7, 11) is 1.88. The molecule has 0 spiro atoms. The number of guanidine groups is 1. The van der Waals surface area contributed by atoms with Crippen molar-refractivity contribution in [3.63, 3.8) is 0 Å². The van der Waals surface area contributed by atoms with Crippen LogP contribution >= 0.6 is 24.0 Å². The molecule has 0 atom stereocenters. The largest absolute Gasteiger partial charge is 0.356 e. The van der Waals surface area contributed by atoms with Crippen molar-refractivity contribution >= 4 is 35.8 Å². The van der Waals surface area contributed by atoms with Crippen LogP contribution in [-0.4, -0.2) is 74.0 Å². The van der Waals surface area contributed by atoms with Gasteiger partial charge in [-0.15, -0.1) is 24.0 Å². The van der Waals surface area contributed by atoms with Crippen molar-refractivity contribution in [2.75, 3.05) is 46.3 Å². The average Bonchev–Trinajstić information content (AvgIpc) is 3.35. The minimum Gasteiger partial charge on any atom is -0.356 e. The van der Waals surface area contributed by atoms with E-state index in [4.69, 9.17) is 0 Å². The monoisotopic (exact) mass is 477 g/mol. The number of hydrogen-bond donors (Lipinski definition) is 2. The van der Waals surface area contributed by atoms with Gasteiger partial charge in [-0.2, -0.15) is 0 Å². The SMILES string of the molecule is CN=C(NCC1(C2CC2)CCC1)N1CCN(CC(=O)NC(C)C)CC1.I. The van der Waals surface area contributed by atoms with E-state index in [1.165, 1.54) is 32.1 Å². The molecule has 0 bridgehead atoms. The molecule has 7 heteroatoms. The van der Waals surface area contributed by atoms with E-state index in [1.54, 1.807) is 0 Å². The van der Waals surface area contributed by atoms with Gasteiger partial charge in [-0.1, -0.05) is 6.42 Å². The number of piperazine rings is 1. The van der Waals surface area contributed by atoms with Gasteiger partial charge in [0, 0.05) is 45.8 Å². The second-order valence-electron chi connectivity index (χ2n) is 8.38. The van der Waals surface area contributed by atoms with E-state index in [0.29, 0.717) is 12.0 Å². The summed E-state index contributed by atoms with van der Waals surface area (Å²) in [5, 5.41) is 6.63. The smallest absolute Gasteiger partial charge is 0.234 e. The molecular formula is C19H36IN5O. The average molecular weight is 477 g/mol. The predicted octanol–water partition coefficient (Wildman–Crippen LogP) is 1.90. The lowest BCUT2D eigenvalue weighted by Crippen LogP contribution is -2.55. The second-order valence-corrected chi connectivity index (χ2v) is 8.38. The molecule has 2 N–H and O–H groups in total. The molecule has 6 nitrogen and oxygen atoms in total. The summed E-state index contributed by atoms with van der Waals surface area (Å²) in [6.07, 6.45) is 7.03. The lowest BCUT2D eigenvalue weighted by molar-refractivity contribution is -0.123. The van der Waals surface area contributed by atoms with Crippen LogP contribution in [0.4, 0.5) is 0 Å². The third kappa shape index (κ3) is 5.47. The molecule has 2 saturated carbocycles. The van der Waals surface area contributed by atoms with Crippen LogP contribution in [-0.2, 0) is 4.79 Å². The lowest BCUT2D eigenvalue weighted by atomic mass is 9.65. The molecule has 1 amide bonds. The first-order chi connectivity index (χ1) is 12.0. The van der Waals surface area contributed by atoms with Gasteiger partial charge in [-0.05, 0) is 50.9 Å². The summed E-state index contributed by atoms with van der Waals surface area (Å²) < 4.78 is 0. The molecule has 150 valence electrons. The number of halogens is 1. The molecule has 0 aromatic carbocycles. The highest BCUT2D eigenvalue weighted by Crippen LogP contribution is 2.56. The molecule has 0 aromatic rings. The predicted molar refractivity (Wildman–Crippen MR) is 117 cm³/mol. The van der Waals surface area contributed by atoms with E-state index < -0.39 is 0 Å². The number of amides is 1. The van der Waals surface area contributed by atoms with Gasteiger partial charge in [0.1, 0.15) is 0 Å². The van der Waals surface area contributed by atoms with Crippen LogP contribution in [0.15, 0.2) is 4.99 Å². The van der Waals surface area contributed by atoms with Crippen molar-refractivity contribution in [3.8, 4) is 0 Å². The van der Waals surface area contributed by atoms with Gasteiger partial charge in [-0.3, -0.25) is 14.7 Å². The zero-order chi connectivity index (χ0) is 17.9. The number of hydrogen-bond acceptors (Lipinski definition) is 3. The highest BCUT2D eigenvalue weighted by atomic mass is 127. The van der Waals surface area contributed by atoms with E-state index in [2.05, 4.69) is 25.4 Å². The van der Waals surface area contributed by atoms with Crippen molar-refractivity contribution in [3.05, 3.63) is 0 Å². The van der Waals surface area contributed by atoms with Crippen LogP contribution in [0.3, 0.4) is 0 Å². The van der Waals surface area contributed by atoms with Crippen LogP contribution < -0.4 is 10.6 Å². The third-order valence-electron chi connectivity index (χ3n) is 6.09. The molecule has 2 aliphatic carbocycles. The maximum absolute atomic E-state index is 11.9. The molecular weight excluding hydrogens is 441 g/mol. The Labute approximate surface area is 175 Å². The fraction of sp³-hybridized carbons (Fsp3) is 0.895. The number of carbonyl (C=O) groups is 1. The standard InChI is InChI=1S/C19H35N5O.HI/c1-15(2)22-17(25)13-23-9-11-24(12-10-23)18(20-3)21-14-19(7-4-8-19)16-5-6-16;/h15-16H,4-14H2,1-3H3,(H,20,21)(H,22,25);1H. The molecule has 0 radical (unpaired) electrons. The molecule has 3 fully saturated rings. The van der Waals surface area contributed by atoms with Gasteiger partial charge in [-0.25, -0.2) is 0 Å². The maximum atomic E-state index is 11.9. The Morgan fingerprint density at radius 1 is 1.19 bits per heavy atom. The molecule has 1 saturated heterocycles. The lowest BCUT2D eigenvalue weighted by Gasteiger charge is -2.44. The van der Waals surface area contributed by atoms with Crippen molar-refractivity contribution in [1.82, 2.24) is 20.4 Å². The van der Waals surface area contributed by atoms with E-state index in [-0.39, 0.29) is 35.9 Å². The number of aliphatic imine (C=N–C) groups is 1. The van der Waals surface area contributed by atoms with Crippen LogP contribution in [0.25, 0.3) is 0 Å². The quantitative estimate of drug-likeness (QED) is 0.349. The first-order valence-electron chi connectivity index (χ1n) is 10.00. The van der Waals surface area contributed by atoms with Crippen LogP contribution in [0.2, 0.25) is 0 Å². The summed E-state index contributed by atoms with van der Waals surface area (Å²) in [6.45, 7) is 9.30. The minimum absolute atomic E-state index is 0. The van der Waals surface area contributed by atoms with Gasteiger partial charge in [0.2, 0.25) is 5.91 Å². The number of rotatable bonds is 6. The molecule has 1 heterocycles. The van der Waals surface area contributed by atoms with E-state index >= 15 is 0 Å². The molecule has 3 rings (SSSR count). The Hall–Kier alpha value is -0.570. The Bertz CT molecular complexity index is 494. The molecule has 0 unspecified atom stereocenters. The van der Waals surface area contributed by atoms with E-state index in [9.17, 15) is 4.79 Å². The topological polar surface area (TPSA) is 60.0 Å². The molecule has 26 heavy (non-hydrogen) atoms. The van der Waals surface area contributed by atoms with Gasteiger partial charge >= 0.3 is 0 Å². The summed E-state index contributed by atoms with van der Waals surface area (Å²) in [5.74, 6) is 2.13. The van der Waals surface area contributed by atoms with Crippen molar-refractivity contribution < 1.29 is 4.79 Å². The van der Waals surface area contributed by atoms with Crippen LogP contribution in [0.5, 0.6) is 0 Å². The first-order valence-corrected chi connectivity index (χ1v) is 10.00. The van der Waals surface area contributed by atoms with Gasteiger partial charge in [0.25, 0.3) is 0 Å². The Balaban J connectivity index is 0.00000243. The highest BCUT2D eigenvalue weighted by molar-refractivity contribution is 14.0. The van der Waals surface area contributed by atoms with Crippen molar-refractivity contribution in [2.45, 2.75) is 52.0 Å². The zero-order valence-electron chi connectivity index (χ0n) is 16.6. The number of nitrogens with one attached hydrogen (secondary N) is 2. The summed E-state index contributed by atoms with van der Waals surface area (Å²) in [4.78, 5) is 21.0. The van der Waals surface area contributed by atoms with Crippen molar-refractivity contribution in [1.29, 1.82) is 0 Å². The summed E-state index contributed by atoms with van der Waals surface area (Å²) in [5.41, 5.74) is 0.562. The van der Waals surface area contributed by atoms with E-state index in [0.717, 1.165) is 44.6 Å². The molecule has 0 aromatic heterocycles. The fourth-order valence-electron chi connectivity index (χ4n) is 4.33. The van der Waals surface area contributed by atoms with Crippen LogP contribution in [0, 0.1) is 11.3 Å². The third-order valence-corrected chi connectivity index (χ3v) is 6.09. The summed E-state index contributed by atoms with van der Waals surface area (Å²) in [6, 6.07) is 0.210. The van der Waals surface area contributed by atoms with E-state index in [1.807, 2.05) is 20.9 Å². The summed E-state index contributed by atoms with van der Waals surface area (Å²) >= 11 is 0. The van der Waals surface area contributed by atoms with Gasteiger partial charge in [0.15, 0.2) is 5.96 Å². The van der Waals surface area contributed by atoms with Crippen LogP contribution in [0.1, 0.15) is 46.0 Å². The van der Waals surface area contributed by atoms with Gasteiger partial charge in [0.05, 0.1) is 6.54 Å². The maximum Gasteiger partial charge on any atom is 0.234 e.